The highest BCUT2D eigenvalue weighted by molar-refractivity contribution is 6.03. The van der Waals surface area contributed by atoms with Gasteiger partial charge in [0.05, 0.1) is 5.56 Å². The van der Waals surface area contributed by atoms with Gasteiger partial charge >= 0.3 is 0 Å². The second-order valence-corrected chi connectivity index (χ2v) is 8.70. The Kier molecular flexibility index (Phi) is 3.77. The van der Waals surface area contributed by atoms with Crippen LogP contribution in [0.15, 0.2) is 36.7 Å². The van der Waals surface area contributed by atoms with Gasteiger partial charge in [0.25, 0.3) is 11.8 Å². The summed E-state index contributed by atoms with van der Waals surface area (Å²) in [5.74, 6) is 0.0627. The number of benzene rings is 1. The molecule has 152 valence electrons. The standard InChI is InChI=1S/C23H23N5O2/c1-27-11-16-3-4-17(12-27)28(16)23(30)15-7-19-20(10-25-21(19)24-9-15)13-2-5-18-14(6-13)8-26-22(18)29/h2,5-7,9-10,16-17H,3-4,8,11-12H2,1H3,(H,24,25)(H,26,29). The highest BCUT2D eigenvalue weighted by Crippen LogP contribution is 2.33. The Bertz CT molecular complexity index is 1190. The van der Waals surface area contributed by atoms with Crippen molar-refractivity contribution in [2.45, 2.75) is 31.5 Å². The topological polar surface area (TPSA) is 81.3 Å². The molecule has 2 N–H and O–H groups in total. The summed E-state index contributed by atoms with van der Waals surface area (Å²) >= 11 is 0. The molecule has 30 heavy (non-hydrogen) atoms. The van der Waals surface area contributed by atoms with Gasteiger partial charge in [-0.2, -0.15) is 0 Å². The van der Waals surface area contributed by atoms with Crippen LogP contribution in [0.5, 0.6) is 0 Å². The first-order valence-electron chi connectivity index (χ1n) is 10.5. The lowest BCUT2D eigenvalue weighted by atomic mass is 10.00. The van der Waals surface area contributed by atoms with E-state index < -0.39 is 0 Å². The molecule has 2 aromatic heterocycles. The van der Waals surface area contributed by atoms with Crippen LogP contribution < -0.4 is 5.32 Å². The lowest BCUT2D eigenvalue weighted by Gasteiger charge is -2.39. The van der Waals surface area contributed by atoms with Crippen molar-refractivity contribution in [2.24, 2.45) is 0 Å². The molecule has 3 aromatic rings. The van der Waals surface area contributed by atoms with Gasteiger partial charge in [-0.15, -0.1) is 0 Å². The molecular formula is C23H23N5O2. The van der Waals surface area contributed by atoms with E-state index in [1.54, 1.807) is 6.20 Å². The molecular weight excluding hydrogens is 378 g/mol. The van der Waals surface area contributed by atoms with Gasteiger partial charge < -0.3 is 20.1 Å². The number of aromatic amines is 1. The molecule has 3 aliphatic heterocycles. The van der Waals surface area contributed by atoms with Gasteiger partial charge in [-0.05, 0) is 49.2 Å². The summed E-state index contributed by atoms with van der Waals surface area (Å²) in [4.78, 5) is 37.4. The van der Waals surface area contributed by atoms with Crippen LogP contribution in [0.2, 0.25) is 0 Å². The van der Waals surface area contributed by atoms with Crippen LogP contribution in [0.3, 0.4) is 0 Å². The molecule has 0 radical (unpaired) electrons. The molecule has 2 saturated heterocycles. The summed E-state index contributed by atoms with van der Waals surface area (Å²) in [7, 11) is 2.13. The van der Waals surface area contributed by atoms with E-state index in [0.717, 1.165) is 59.2 Å². The highest BCUT2D eigenvalue weighted by atomic mass is 16.2. The third-order valence-corrected chi connectivity index (χ3v) is 6.78. The molecule has 5 heterocycles. The number of nitrogens with zero attached hydrogens (tertiary/aromatic N) is 3. The van der Waals surface area contributed by atoms with Gasteiger partial charge in [0.1, 0.15) is 5.65 Å². The molecule has 2 amide bonds. The van der Waals surface area contributed by atoms with Crippen LogP contribution >= 0.6 is 0 Å². The molecule has 1 aromatic carbocycles. The predicted molar refractivity (Wildman–Crippen MR) is 113 cm³/mol. The molecule has 2 fully saturated rings. The summed E-state index contributed by atoms with van der Waals surface area (Å²) in [5, 5.41) is 3.79. The van der Waals surface area contributed by atoms with Crippen LogP contribution in [0, 0.1) is 0 Å². The number of likely N-dealkylation sites (N-methyl/N-ethyl adjacent to an activating group) is 1. The van der Waals surface area contributed by atoms with Crippen LogP contribution in [-0.4, -0.2) is 63.8 Å². The Hall–Kier alpha value is -3.19. The average Bonchev–Trinajstić information content (AvgIpc) is 3.41. The van der Waals surface area contributed by atoms with Crippen molar-refractivity contribution in [2.75, 3.05) is 20.1 Å². The maximum absolute atomic E-state index is 13.4. The minimum atomic E-state index is -0.0215. The maximum atomic E-state index is 13.4. The number of pyridine rings is 1. The number of piperazine rings is 1. The van der Waals surface area contributed by atoms with Gasteiger partial charge in [-0.3, -0.25) is 9.59 Å². The Morgan fingerprint density at radius 1 is 1.13 bits per heavy atom. The van der Waals surface area contributed by atoms with E-state index in [4.69, 9.17) is 0 Å². The third-order valence-electron chi connectivity index (χ3n) is 6.78. The van der Waals surface area contributed by atoms with E-state index in [0.29, 0.717) is 24.2 Å². The Labute approximate surface area is 174 Å². The first-order chi connectivity index (χ1) is 14.6. The molecule has 2 bridgehead atoms. The van der Waals surface area contributed by atoms with Gasteiger partial charge in [0.15, 0.2) is 0 Å². The molecule has 0 spiro atoms. The van der Waals surface area contributed by atoms with Crippen LogP contribution in [0.25, 0.3) is 22.2 Å². The number of carbonyl (C=O) groups excluding carboxylic acids is 2. The summed E-state index contributed by atoms with van der Waals surface area (Å²) < 4.78 is 0. The van der Waals surface area contributed by atoms with Gasteiger partial charge in [-0.1, -0.05) is 6.07 Å². The van der Waals surface area contributed by atoms with Crippen molar-refractivity contribution in [3.8, 4) is 11.1 Å². The van der Waals surface area contributed by atoms with Crippen molar-refractivity contribution < 1.29 is 9.59 Å². The predicted octanol–water partition coefficient (Wildman–Crippen LogP) is 2.39. The zero-order valence-electron chi connectivity index (χ0n) is 16.8. The molecule has 3 aliphatic rings. The number of H-pyrrole nitrogens is 1. The zero-order valence-corrected chi connectivity index (χ0v) is 16.8. The molecule has 7 heteroatoms. The quantitative estimate of drug-likeness (QED) is 0.691. The number of rotatable bonds is 2. The van der Waals surface area contributed by atoms with Crippen molar-refractivity contribution in [1.82, 2.24) is 25.1 Å². The van der Waals surface area contributed by atoms with Crippen molar-refractivity contribution >= 4 is 22.8 Å². The van der Waals surface area contributed by atoms with E-state index in [1.165, 1.54) is 0 Å². The first-order valence-corrected chi connectivity index (χ1v) is 10.5. The van der Waals surface area contributed by atoms with Crippen molar-refractivity contribution in [1.29, 1.82) is 0 Å². The Balaban J connectivity index is 1.38. The fraction of sp³-hybridized carbons (Fsp3) is 0.348. The monoisotopic (exact) mass is 401 g/mol. The summed E-state index contributed by atoms with van der Waals surface area (Å²) in [6, 6.07) is 8.43. The third kappa shape index (κ3) is 2.58. The van der Waals surface area contributed by atoms with Crippen molar-refractivity contribution in [3.05, 3.63) is 53.3 Å². The minimum absolute atomic E-state index is 0.0215. The number of amides is 2. The first kappa shape index (κ1) is 17.7. The summed E-state index contributed by atoms with van der Waals surface area (Å²) in [6.45, 7) is 2.43. The second-order valence-electron chi connectivity index (χ2n) is 8.70. The van der Waals surface area contributed by atoms with Gasteiger partial charge in [-0.25, -0.2) is 4.98 Å². The number of aromatic nitrogens is 2. The van der Waals surface area contributed by atoms with E-state index >= 15 is 0 Å². The second kappa shape index (κ2) is 6.40. The lowest BCUT2D eigenvalue weighted by molar-refractivity contribution is 0.0472. The number of likely N-dealkylation sites (tertiary alicyclic amines) is 1. The fourth-order valence-corrected chi connectivity index (χ4v) is 5.35. The molecule has 2 unspecified atom stereocenters. The van der Waals surface area contributed by atoms with E-state index in [9.17, 15) is 9.59 Å². The number of fused-ring (bicyclic) bond motifs is 4. The van der Waals surface area contributed by atoms with Crippen LogP contribution in [0.1, 0.15) is 39.1 Å². The Morgan fingerprint density at radius 2 is 1.93 bits per heavy atom. The molecule has 6 rings (SSSR count). The van der Waals surface area contributed by atoms with Gasteiger partial charge in [0.2, 0.25) is 0 Å². The number of hydrogen-bond acceptors (Lipinski definition) is 4. The summed E-state index contributed by atoms with van der Waals surface area (Å²) in [5.41, 5.74) is 5.15. The summed E-state index contributed by atoms with van der Waals surface area (Å²) in [6.07, 6.45) is 5.77. The van der Waals surface area contributed by atoms with E-state index in [-0.39, 0.29) is 11.8 Å². The smallest absolute Gasteiger partial charge is 0.256 e. The average molecular weight is 401 g/mol. The largest absolute Gasteiger partial charge is 0.348 e. The maximum Gasteiger partial charge on any atom is 0.256 e. The van der Waals surface area contributed by atoms with Crippen LogP contribution in [-0.2, 0) is 6.54 Å². The molecule has 2 atom stereocenters. The Morgan fingerprint density at radius 3 is 2.73 bits per heavy atom. The minimum Gasteiger partial charge on any atom is -0.348 e. The number of nitrogens with one attached hydrogen (secondary N) is 2. The zero-order chi connectivity index (χ0) is 20.4. The number of hydrogen-bond donors (Lipinski definition) is 2. The molecule has 0 saturated carbocycles. The van der Waals surface area contributed by atoms with Crippen molar-refractivity contribution in [3.63, 3.8) is 0 Å². The molecule has 7 nitrogen and oxygen atoms in total. The SMILES string of the molecule is CN1CC2CCC(C1)N2C(=O)c1cnc2[nH]cc(-c3ccc4c(c3)CNC4=O)c2c1. The van der Waals surface area contributed by atoms with E-state index in [2.05, 4.69) is 32.1 Å². The fourth-order valence-electron chi connectivity index (χ4n) is 5.35. The lowest BCUT2D eigenvalue weighted by Crippen LogP contribution is -2.54. The number of carbonyl (C=O) groups is 2. The molecule has 0 aliphatic carbocycles. The highest BCUT2D eigenvalue weighted by Gasteiger charge is 2.41. The van der Waals surface area contributed by atoms with Gasteiger partial charge in [0, 0.05) is 60.6 Å². The van der Waals surface area contributed by atoms with E-state index in [1.807, 2.05) is 30.5 Å². The normalized spacial score (nSPS) is 23.1. The van der Waals surface area contributed by atoms with Crippen LogP contribution in [0.4, 0.5) is 0 Å².